The van der Waals surface area contributed by atoms with Crippen LogP contribution in [0.3, 0.4) is 0 Å². The summed E-state index contributed by atoms with van der Waals surface area (Å²) < 4.78 is 0. The van der Waals surface area contributed by atoms with E-state index >= 15 is 0 Å². The first-order chi connectivity index (χ1) is 8.58. The zero-order chi connectivity index (χ0) is 13.1. The van der Waals surface area contributed by atoms with Gasteiger partial charge >= 0.3 is 5.97 Å². The number of amides is 1. The van der Waals surface area contributed by atoms with Crippen LogP contribution >= 0.6 is 11.6 Å². The first-order valence-electron chi connectivity index (χ1n) is 5.59. The summed E-state index contributed by atoms with van der Waals surface area (Å²) in [5, 5.41) is 12.3. The smallest absolute Gasteiger partial charge is 0.322 e. The van der Waals surface area contributed by atoms with E-state index in [1.165, 1.54) is 4.90 Å². The molecular formula is C12H13ClN2O3. The second kappa shape index (κ2) is 5.37. The van der Waals surface area contributed by atoms with E-state index in [2.05, 4.69) is 5.32 Å². The lowest BCUT2D eigenvalue weighted by Crippen LogP contribution is -2.55. The Morgan fingerprint density at radius 3 is 2.89 bits per heavy atom. The number of carbonyl (C=O) groups excluding carboxylic acids is 1. The number of hydrogen-bond acceptors (Lipinski definition) is 3. The molecule has 1 aromatic rings. The van der Waals surface area contributed by atoms with Crippen LogP contribution in [0.1, 0.15) is 10.4 Å². The molecule has 6 heteroatoms. The Hall–Kier alpha value is -1.59. The molecule has 1 amide bonds. The van der Waals surface area contributed by atoms with Crippen molar-refractivity contribution in [1.29, 1.82) is 0 Å². The van der Waals surface area contributed by atoms with Crippen LogP contribution in [0.2, 0.25) is 5.02 Å². The van der Waals surface area contributed by atoms with Crippen molar-refractivity contribution in [2.45, 2.75) is 6.04 Å². The number of nitrogens with zero attached hydrogens (tertiary/aromatic N) is 1. The molecule has 2 N–H and O–H groups in total. The molecule has 0 aromatic heterocycles. The monoisotopic (exact) mass is 268 g/mol. The van der Waals surface area contributed by atoms with Gasteiger partial charge in [0.1, 0.15) is 6.04 Å². The summed E-state index contributed by atoms with van der Waals surface area (Å²) in [4.78, 5) is 24.6. The van der Waals surface area contributed by atoms with Gasteiger partial charge in [-0.15, -0.1) is 0 Å². The quantitative estimate of drug-likeness (QED) is 0.834. The third-order valence-corrected chi connectivity index (χ3v) is 3.07. The maximum absolute atomic E-state index is 12.2. The Morgan fingerprint density at radius 2 is 2.22 bits per heavy atom. The first kappa shape index (κ1) is 12.9. The highest BCUT2D eigenvalue weighted by Gasteiger charge is 2.28. The molecule has 0 spiro atoms. The van der Waals surface area contributed by atoms with Crippen molar-refractivity contribution in [3.05, 3.63) is 34.9 Å². The van der Waals surface area contributed by atoms with Crippen LogP contribution in [-0.4, -0.2) is 47.6 Å². The number of aliphatic carboxylic acids is 1. The SMILES string of the molecule is O=C(O)C1CN(C(=O)c2cccc(Cl)c2)CCN1. The highest BCUT2D eigenvalue weighted by atomic mass is 35.5. The molecule has 1 saturated heterocycles. The number of rotatable bonds is 2. The maximum atomic E-state index is 12.2. The van der Waals surface area contributed by atoms with Gasteiger partial charge in [-0.25, -0.2) is 0 Å². The van der Waals surface area contributed by atoms with Crippen molar-refractivity contribution < 1.29 is 14.7 Å². The molecule has 1 atom stereocenters. The number of carboxylic acid groups (broad SMARTS) is 1. The van der Waals surface area contributed by atoms with Crippen LogP contribution in [0.25, 0.3) is 0 Å². The van der Waals surface area contributed by atoms with E-state index in [1.54, 1.807) is 24.3 Å². The minimum absolute atomic E-state index is 0.167. The van der Waals surface area contributed by atoms with E-state index in [1.807, 2.05) is 0 Å². The maximum Gasteiger partial charge on any atom is 0.322 e. The number of nitrogens with one attached hydrogen (secondary N) is 1. The highest BCUT2D eigenvalue weighted by molar-refractivity contribution is 6.30. The zero-order valence-corrected chi connectivity index (χ0v) is 10.4. The molecule has 2 rings (SSSR count). The zero-order valence-electron chi connectivity index (χ0n) is 9.60. The molecule has 1 aliphatic heterocycles. The van der Waals surface area contributed by atoms with Gasteiger partial charge in [-0.1, -0.05) is 17.7 Å². The number of piperazine rings is 1. The summed E-state index contributed by atoms with van der Waals surface area (Å²) in [7, 11) is 0. The number of halogens is 1. The summed E-state index contributed by atoms with van der Waals surface area (Å²) in [6.07, 6.45) is 0. The van der Waals surface area contributed by atoms with Crippen molar-refractivity contribution in [2.75, 3.05) is 19.6 Å². The van der Waals surface area contributed by atoms with Crippen LogP contribution in [0.4, 0.5) is 0 Å². The van der Waals surface area contributed by atoms with Crippen LogP contribution in [0.5, 0.6) is 0 Å². The van der Waals surface area contributed by atoms with Gasteiger partial charge in [0.2, 0.25) is 0 Å². The number of benzene rings is 1. The minimum atomic E-state index is -0.946. The van der Waals surface area contributed by atoms with Gasteiger partial charge in [-0.3, -0.25) is 9.59 Å². The fourth-order valence-corrected chi connectivity index (χ4v) is 2.09. The minimum Gasteiger partial charge on any atom is -0.480 e. The summed E-state index contributed by atoms with van der Waals surface area (Å²) in [5.74, 6) is -1.14. The average molecular weight is 269 g/mol. The third kappa shape index (κ3) is 2.80. The summed E-state index contributed by atoms with van der Waals surface area (Å²) >= 11 is 5.83. The van der Waals surface area contributed by atoms with Gasteiger partial charge in [0.25, 0.3) is 5.91 Å². The molecule has 96 valence electrons. The van der Waals surface area contributed by atoms with E-state index in [9.17, 15) is 9.59 Å². The molecule has 1 heterocycles. The van der Waals surface area contributed by atoms with E-state index in [0.29, 0.717) is 23.7 Å². The molecular weight excluding hydrogens is 256 g/mol. The predicted molar refractivity (Wildman–Crippen MR) is 66.8 cm³/mol. The lowest BCUT2D eigenvalue weighted by atomic mass is 10.1. The molecule has 0 saturated carbocycles. The second-order valence-electron chi connectivity index (χ2n) is 4.11. The van der Waals surface area contributed by atoms with E-state index < -0.39 is 12.0 Å². The van der Waals surface area contributed by atoms with Crippen molar-refractivity contribution in [3.63, 3.8) is 0 Å². The van der Waals surface area contributed by atoms with Gasteiger partial charge in [0, 0.05) is 30.2 Å². The Morgan fingerprint density at radius 1 is 1.44 bits per heavy atom. The van der Waals surface area contributed by atoms with Crippen LogP contribution < -0.4 is 5.32 Å². The third-order valence-electron chi connectivity index (χ3n) is 2.83. The van der Waals surface area contributed by atoms with Crippen molar-refractivity contribution in [2.24, 2.45) is 0 Å². The van der Waals surface area contributed by atoms with Crippen molar-refractivity contribution in [3.8, 4) is 0 Å². The van der Waals surface area contributed by atoms with Crippen LogP contribution in [-0.2, 0) is 4.79 Å². The number of carbonyl (C=O) groups is 2. The van der Waals surface area contributed by atoms with E-state index in [0.717, 1.165) is 0 Å². The van der Waals surface area contributed by atoms with Gasteiger partial charge in [-0.2, -0.15) is 0 Å². The number of hydrogen-bond donors (Lipinski definition) is 2. The second-order valence-corrected chi connectivity index (χ2v) is 4.54. The standard InChI is InChI=1S/C12H13ClN2O3/c13-9-3-1-2-8(6-9)11(16)15-5-4-14-10(7-15)12(17)18/h1-3,6,10,14H,4-5,7H2,(H,17,18). The normalized spacial score (nSPS) is 19.6. The fourth-order valence-electron chi connectivity index (χ4n) is 1.90. The van der Waals surface area contributed by atoms with Gasteiger partial charge in [0.15, 0.2) is 0 Å². The summed E-state index contributed by atoms with van der Waals surface area (Å²) in [6.45, 7) is 1.14. The molecule has 5 nitrogen and oxygen atoms in total. The van der Waals surface area contributed by atoms with Gasteiger partial charge < -0.3 is 15.3 Å². The molecule has 0 radical (unpaired) electrons. The predicted octanol–water partition coefficient (Wildman–Crippen LogP) is 0.839. The Kier molecular flexibility index (Phi) is 3.84. The van der Waals surface area contributed by atoms with E-state index in [-0.39, 0.29) is 12.5 Å². The van der Waals surface area contributed by atoms with Crippen molar-refractivity contribution in [1.82, 2.24) is 10.2 Å². The summed E-state index contributed by atoms with van der Waals surface area (Å²) in [5.41, 5.74) is 0.480. The molecule has 0 bridgehead atoms. The van der Waals surface area contributed by atoms with Crippen LogP contribution in [0.15, 0.2) is 24.3 Å². The van der Waals surface area contributed by atoms with Gasteiger partial charge in [0.05, 0.1) is 0 Å². The summed E-state index contributed by atoms with van der Waals surface area (Å²) in [6, 6.07) is 5.94. The molecule has 18 heavy (non-hydrogen) atoms. The molecule has 1 aromatic carbocycles. The van der Waals surface area contributed by atoms with Gasteiger partial charge in [-0.05, 0) is 18.2 Å². The number of carboxylic acids is 1. The van der Waals surface area contributed by atoms with Crippen LogP contribution in [0, 0.1) is 0 Å². The van der Waals surface area contributed by atoms with E-state index in [4.69, 9.17) is 16.7 Å². The van der Waals surface area contributed by atoms with Crippen molar-refractivity contribution >= 4 is 23.5 Å². The topological polar surface area (TPSA) is 69.6 Å². The lowest BCUT2D eigenvalue weighted by molar-refractivity contribution is -0.140. The lowest BCUT2D eigenvalue weighted by Gasteiger charge is -2.31. The average Bonchev–Trinajstić information content (AvgIpc) is 2.38. The largest absolute Gasteiger partial charge is 0.480 e. The highest BCUT2D eigenvalue weighted by Crippen LogP contribution is 2.13. The Bertz CT molecular complexity index is 478. The fraction of sp³-hybridized carbons (Fsp3) is 0.333. The molecule has 0 aliphatic carbocycles. The molecule has 1 unspecified atom stereocenters. The Labute approximate surface area is 109 Å². The molecule has 1 aliphatic rings. The Balaban J connectivity index is 2.11. The first-order valence-corrected chi connectivity index (χ1v) is 5.97. The molecule has 1 fully saturated rings.